The molecule has 1 aromatic carbocycles. The molecule has 0 atom stereocenters. The quantitative estimate of drug-likeness (QED) is 0.602. The highest BCUT2D eigenvalue weighted by molar-refractivity contribution is 7.99. The topological polar surface area (TPSA) is 66.6 Å². The van der Waals surface area contributed by atoms with Gasteiger partial charge in [-0.2, -0.15) is 0 Å². The van der Waals surface area contributed by atoms with E-state index in [0.717, 1.165) is 55.0 Å². The number of aryl methyl sites for hydroxylation is 3. The maximum absolute atomic E-state index is 12.7. The highest BCUT2D eigenvalue weighted by atomic mass is 32.2. The first-order valence-corrected chi connectivity index (χ1v) is 10.9. The van der Waals surface area contributed by atoms with Crippen LogP contribution in [0.1, 0.15) is 22.6 Å². The summed E-state index contributed by atoms with van der Waals surface area (Å²) >= 11 is 1.43. The molecule has 1 aliphatic rings. The minimum Gasteiger partial charge on any atom is -0.339 e. The van der Waals surface area contributed by atoms with E-state index >= 15 is 0 Å². The molecule has 1 amide bonds. The summed E-state index contributed by atoms with van der Waals surface area (Å²) in [6, 6.07) is 10.5. The third-order valence-corrected chi connectivity index (χ3v) is 6.11. The van der Waals surface area contributed by atoms with Crippen molar-refractivity contribution in [3.8, 4) is 0 Å². The molecule has 0 aliphatic carbocycles. The summed E-state index contributed by atoms with van der Waals surface area (Å²) in [5.41, 5.74) is 4.31. The van der Waals surface area contributed by atoms with Gasteiger partial charge in [0.05, 0.1) is 5.75 Å². The molecule has 1 saturated heterocycles. The van der Waals surface area contributed by atoms with E-state index in [1.54, 1.807) is 0 Å². The number of rotatable bonds is 5. The third-order valence-electron chi connectivity index (χ3n) is 5.20. The standard InChI is InChI=1S/C21H26N6OS/c1-15-5-4-6-18(11-15)13-25-7-9-26(10-8-25)20(28)14-29-21-24-23-19-12-16(2)22-17(3)27(19)21/h4-6,11-12H,7-10,13-14H2,1-3H3. The van der Waals surface area contributed by atoms with Crippen molar-refractivity contribution in [1.29, 1.82) is 0 Å². The Bertz CT molecular complexity index is 1030. The monoisotopic (exact) mass is 410 g/mol. The summed E-state index contributed by atoms with van der Waals surface area (Å²) < 4.78 is 1.91. The van der Waals surface area contributed by atoms with Gasteiger partial charge < -0.3 is 4.90 Å². The average molecular weight is 411 g/mol. The minimum absolute atomic E-state index is 0.152. The maximum Gasteiger partial charge on any atom is 0.233 e. The van der Waals surface area contributed by atoms with E-state index in [1.165, 1.54) is 22.9 Å². The Kier molecular flexibility index (Phi) is 5.82. The molecule has 1 fully saturated rings. The second kappa shape index (κ2) is 8.51. The second-order valence-corrected chi connectivity index (χ2v) is 8.50. The fourth-order valence-corrected chi connectivity index (χ4v) is 4.63. The molecule has 0 saturated carbocycles. The fraction of sp³-hybridized carbons (Fsp3) is 0.429. The Hall–Kier alpha value is -2.45. The Morgan fingerprint density at radius 3 is 2.62 bits per heavy atom. The van der Waals surface area contributed by atoms with Crippen molar-refractivity contribution < 1.29 is 4.79 Å². The predicted molar refractivity (Wildman–Crippen MR) is 114 cm³/mol. The normalized spacial score (nSPS) is 15.2. The molecule has 29 heavy (non-hydrogen) atoms. The van der Waals surface area contributed by atoms with Gasteiger partial charge in [0.2, 0.25) is 5.91 Å². The number of benzene rings is 1. The van der Waals surface area contributed by atoms with Gasteiger partial charge in [-0.3, -0.25) is 14.1 Å². The van der Waals surface area contributed by atoms with E-state index in [2.05, 4.69) is 51.3 Å². The Morgan fingerprint density at radius 2 is 1.86 bits per heavy atom. The van der Waals surface area contributed by atoms with Crippen LogP contribution in [0.15, 0.2) is 35.5 Å². The lowest BCUT2D eigenvalue weighted by molar-refractivity contribution is -0.130. The summed E-state index contributed by atoms with van der Waals surface area (Å²) in [5, 5.41) is 9.16. The van der Waals surface area contributed by atoms with Gasteiger partial charge >= 0.3 is 0 Å². The van der Waals surface area contributed by atoms with Crippen molar-refractivity contribution in [2.75, 3.05) is 31.9 Å². The molecule has 0 N–H and O–H groups in total. The molecule has 4 rings (SSSR count). The fourth-order valence-electron chi connectivity index (χ4n) is 3.74. The van der Waals surface area contributed by atoms with Gasteiger partial charge in [0.1, 0.15) is 5.82 Å². The minimum atomic E-state index is 0.152. The van der Waals surface area contributed by atoms with Gasteiger partial charge in [0, 0.05) is 44.5 Å². The number of amides is 1. The molecule has 8 heteroatoms. The molecule has 0 bridgehead atoms. The molecule has 3 heterocycles. The summed E-state index contributed by atoms with van der Waals surface area (Å²) in [5.74, 6) is 1.36. The lowest BCUT2D eigenvalue weighted by Crippen LogP contribution is -2.48. The van der Waals surface area contributed by atoms with Crippen LogP contribution in [0.2, 0.25) is 0 Å². The molecule has 0 spiro atoms. The first-order valence-electron chi connectivity index (χ1n) is 9.87. The molecule has 1 aliphatic heterocycles. The number of piperazine rings is 1. The molecule has 2 aromatic heterocycles. The van der Waals surface area contributed by atoms with Crippen LogP contribution in [0.3, 0.4) is 0 Å². The van der Waals surface area contributed by atoms with Gasteiger partial charge in [-0.1, -0.05) is 41.6 Å². The van der Waals surface area contributed by atoms with Gasteiger partial charge in [-0.15, -0.1) is 10.2 Å². The lowest BCUT2D eigenvalue weighted by Gasteiger charge is -2.34. The third kappa shape index (κ3) is 4.59. The summed E-state index contributed by atoms with van der Waals surface area (Å²) in [7, 11) is 0. The first kappa shape index (κ1) is 19.8. The van der Waals surface area contributed by atoms with Crippen LogP contribution in [0.4, 0.5) is 0 Å². The number of thioether (sulfide) groups is 1. The van der Waals surface area contributed by atoms with Gasteiger partial charge in [0.15, 0.2) is 10.8 Å². The number of hydrogen-bond donors (Lipinski definition) is 0. The zero-order valence-corrected chi connectivity index (χ0v) is 17.9. The van der Waals surface area contributed by atoms with Gasteiger partial charge in [-0.05, 0) is 26.3 Å². The van der Waals surface area contributed by atoms with Crippen LogP contribution in [0.5, 0.6) is 0 Å². The maximum atomic E-state index is 12.7. The Morgan fingerprint density at radius 1 is 1.07 bits per heavy atom. The molecular formula is C21H26N6OS. The first-order chi connectivity index (χ1) is 14.0. The van der Waals surface area contributed by atoms with Crippen LogP contribution in [-0.4, -0.2) is 67.2 Å². The predicted octanol–water partition coefficient (Wildman–Crippen LogP) is 2.49. The zero-order chi connectivity index (χ0) is 20.4. The number of nitrogens with zero attached hydrogens (tertiary/aromatic N) is 6. The Balaban J connectivity index is 1.30. The average Bonchev–Trinajstić information content (AvgIpc) is 3.10. The van der Waals surface area contributed by atoms with Crippen LogP contribution >= 0.6 is 11.8 Å². The van der Waals surface area contributed by atoms with Crippen LogP contribution in [0.25, 0.3) is 5.65 Å². The summed E-state index contributed by atoms with van der Waals surface area (Å²) in [4.78, 5) is 21.5. The van der Waals surface area contributed by atoms with Crippen molar-refractivity contribution >= 4 is 23.3 Å². The summed E-state index contributed by atoms with van der Waals surface area (Å²) in [6.45, 7) is 10.3. The van der Waals surface area contributed by atoms with E-state index in [4.69, 9.17) is 0 Å². The molecule has 0 radical (unpaired) electrons. The van der Waals surface area contributed by atoms with Crippen molar-refractivity contribution in [3.63, 3.8) is 0 Å². The second-order valence-electron chi connectivity index (χ2n) is 7.56. The molecule has 7 nitrogen and oxygen atoms in total. The van der Waals surface area contributed by atoms with Crippen LogP contribution in [0, 0.1) is 20.8 Å². The lowest BCUT2D eigenvalue weighted by atomic mass is 10.1. The zero-order valence-electron chi connectivity index (χ0n) is 17.1. The molecule has 0 unspecified atom stereocenters. The molecule has 152 valence electrons. The van der Waals surface area contributed by atoms with Crippen molar-refractivity contribution in [2.24, 2.45) is 0 Å². The van der Waals surface area contributed by atoms with Crippen LogP contribution in [-0.2, 0) is 11.3 Å². The van der Waals surface area contributed by atoms with E-state index < -0.39 is 0 Å². The summed E-state index contributed by atoms with van der Waals surface area (Å²) in [6.07, 6.45) is 0. The smallest absolute Gasteiger partial charge is 0.233 e. The highest BCUT2D eigenvalue weighted by Gasteiger charge is 2.22. The number of carbonyl (C=O) groups excluding carboxylic acids is 1. The highest BCUT2D eigenvalue weighted by Crippen LogP contribution is 2.20. The molecular weight excluding hydrogens is 384 g/mol. The van der Waals surface area contributed by atoms with E-state index in [-0.39, 0.29) is 5.91 Å². The largest absolute Gasteiger partial charge is 0.339 e. The van der Waals surface area contributed by atoms with Gasteiger partial charge in [0.25, 0.3) is 0 Å². The number of fused-ring (bicyclic) bond motifs is 1. The number of aromatic nitrogens is 4. The van der Waals surface area contributed by atoms with Crippen molar-refractivity contribution in [1.82, 2.24) is 29.4 Å². The number of carbonyl (C=O) groups is 1. The van der Waals surface area contributed by atoms with E-state index in [1.807, 2.05) is 29.2 Å². The van der Waals surface area contributed by atoms with E-state index in [9.17, 15) is 4.79 Å². The number of hydrogen-bond acceptors (Lipinski definition) is 6. The van der Waals surface area contributed by atoms with Crippen molar-refractivity contribution in [3.05, 3.63) is 53.0 Å². The Labute approximate surface area is 175 Å². The van der Waals surface area contributed by atoms with Gasteiger partial charge in [-0.25, -0.2) is 4.98 Å². The van der Waals surface area contributed by atoms with Crippen molar-refractivity contribution in [2.45, 2.75) is 32.5 Å². The van der Waals surface area contributed by atoms with E-state index in [0.29, 0.717) is 5.75 Å². The van der Waals surface area contributed by atoms with Crippen LogP contribution < -0.4 is 0 Å². The SMILES string of the molecule is Cc1cccc(CN2CCN(C(=O)CSc3nnc4cc(C)nc(C)n34)CC2)c1. The molecule has 3 aromatic rings.